The van der Waals surface area contributed by atoms with E-state index in [9.17, 15) is 28.8 Å². The van der Waals surface area contributed by atoms with Gasteiger partial charge in [-0.2, -0.15) is 23.5 Å². The molecule has 0 radical (unpaired) electrons. The van der Waals surface area contributed by atoms with Gasteiger partial charge in [0.25, 0.3) is 0 Å². The molecule has 0 aliphatic carbocycles. The first-order valence-corrected chi connectivity index (χ1v) is 18.7. The van der Waals surface area contributed by atoms with Crippen LogP contribution in [0.3, 0.4) is 0 Å². The number of thioether (sulfide) groups is 2. The zero-order valence-corrected chi connectivity index (χ0v) is 28.1. The number of rotatable bonds is 21. The molecule has 4 unspecified atom stereocenters. The smallest absolute Gasteiger partial charge is 0.306 e. The summed E-state index contributed by atoms with van der Waals surface area (Å²) < 4.78 is 32.8. The molecule has 6 aliphatic heterocycles. The fourth-order valence-electron chi connectivity index (χ4n) is 6.89. The molecular weight excluding hydrogens is 668 g/mol. The summed E-state index contributed by atoms with van der Waals surface area (Å²) in [5.74, 6) is -0.932. The predicted molar refractivity (Wildman–Crippen MR) is 170 cm³/mol. The molecule has 0 aromatic carbocycles. The van der Waals surface area contributed by atoms with E-state index >= 15 is 0 Å². The van der Waals surface area contributed by atoms with Gasteiger partial charge >= 0.3 is 11.9 Å². The molecule has 0 saturated carbocycles. The summed E-state index contributed by atoms with van der Waals surface area (Å²) in [5.41, 5.74) is 0. The third kappa shape index (κ3) is 7.68. The molecule has 4 bridgehead atoms. The quantitative estimate of drug-likeness (QED) is 0.0689. The number of carbonyl (C=O) groups is 6. The lowest BCUT2D eigenvalue weighted by Gasteiger charge is -2.17. The molecule has 14 nitrogen and oxygen atoms in total. The van der Waals surface area contributed by atoms with Crippen LogP contribution in [0.5, 0.6) is 0 Å². The Hall–Kier alpha value is -2.76. The molecule has 0 spiro atoms. The Balaban J connectivity index is 0.681. The molecule has 0 aromatic heterocycles. The number of hydrogen-bond donors (Lipinski definition) is 0. The van der Waals surface area contributed by atoms with E-state index in [1.54, 1.807) is 23.5 Å². The minimum absolute atomic E-state index is 0.0120. The maximum Gasteiger partial charge on any atom is 0.306 e. The van der Waals surface area contributed by atoms with Gasteiger partial charge in [0.05, 0.1) is 100 Å². The number of amides is 4. The Morgan fingerprint density at radius 2 is 0.896 bits per heavy atom. The summed E-state index contributed by atoms with van der Waals surface area (Å²) >= 11 is 3.14. The summed E-state index contributed by atoms with van der Waals surface area (Å²) in [7, 11) is 0. The largest absolute Gasteiger partial charge is 0.464 e. The molecule has 6 rings (SSSR count). The molecule has 6 aliphatic rings. The Morgan fingerprint density at radius 3 is 1.25 bits per heavy atom. The zero-order valence-electron chi connectivity index (χ0n) is 26.4. The average Bonchev–Trinajstić information content (AvgIpc) is 3.93. The Kier molecular flexibility index (Phi) is 11.9. The van der Waals surface area contributed by atoms with Crippen LogP contribution in [0, 0.1) is 23.7 Å². The van der Waals surface area contributed by atoms with Gasteiger partial charge in [0.15, 0.2) is 0 Å². The third-order valence-electron chi connectivity index (χ3n) is 9.18. The van der Waals surface area contributed by atoms with E-state index in [4.69, 9.17) is 28.4 Å². The first-order chi connectivity index (χ1) is 23.3. The molecule has 0 aromatic rings. The van der Waals surface area contributed by atoms with Crippen LogP contribution < -0.4 is 0 Å². The topological polar surface area (TPSA) is 164 Å². The summed E-state index contributed by atoms with van der Waals surface area (Å²) in [6, 6.07) is 0. The highest BCUT2D eigenvalue weighted by molar-refractivity contribution is 7.99. The second-order valence-corrected chi connectivity index (χ2v) is 14.5. The number of likely N-dealkylation sites (tertiary alicyclic amines) is 2. The van der Waals surface area contributed by atoms with Crippen molar-refractivity contribution < 1.29 is 57.2 Å². The number of esters is 2. The Bertz CT molecular complexity index is 1170. The van der Waals surface area contributed by atoms with E-state index in [-0.39, 0.29) is 99.1 Å². The molecule has 0 N–H and O–H groups in total. The molecule has 48 heavy (non-hydrogen) atoms. The van der Waals surface area contributed by atoms with Gasteiger partial charge in [-0.3, -0.25) is 38.6 Å². The van der Waals surface area contributed by atoms with Crippen molar-refractivity contribution in [2.24, 2.45) is 23.7 Å². The number of hydrogen-bond acceptors (Lipinski definition) is 14. The summed E-state index contributed by atoms with van der Waals surface area (Å²) in [6.45, 7) is 2.06. The second kappa shape index (κ2) is 16.3. The van der Waals surface area contributed by atoms with Crippen LogP contribution in [-0.2, 0) is 57.2 Å². The SMILES string of the molecule is O=C(CCSCCOCCOCCSCCC(=O)OCCN1C(=O)[C@@H]2C3C=CC(O3)[C@@H]2C1=O)OCCN1C(=O)[C@@H]2C3C=CC(O3)[C@@H]2C1=O. The van der Waals surface area contributed by atoms with E-state index in [0.29, 0.717) is 37.9 Å². The van der Waals surface area contributed by atoms with Crippen molar-refractivity contribution in [3.63, 3.8) is 0 Å². The Morgan fingerprint density at radius 1 is 0.542 bits per heavy atom. The number of fused-ring (bicyclic) bond motifs is 10. The van der Waals surface area contributed by atoms with Gasteiger partial charge in [0, 0.05) is 23.0 Å². The van der Waals surface area contributed by atoms with E-state index in [1.807, 2.05) is 24.3 Å². The van der Waals surface area contributed by atoms with Gasteiger partial charge in [-0.25, -0.2) is 0 Å². The lowest BCUT2D eigenvalue weighted by molar-refractivity contribution is -0.149. The van der Waals surface area contributed by atoms with Gasteiger partial charge in [0.2, 0.25) is 23.6 Å². The van der Waals surface area contributed by atoms with Crippen molar-refractivity contribution in [2.45, 2.75) is 37.3 Å². The van der Waals surface area contributed by atoms with Gasteiger partial charge in [-0.1, -0.05) is 24.3 Å². The van der Waals surface area contributed by atoms with Crippen molar-refractivity contribution in [2.75, 3.05) is 75.7 Å². The monoisotopic (exact) mass is 708 g/mol. The summed E-state index contributed by atoms with van der Waals surface area (Å²) in [6.07, 6.45) is 6.50. The van der Waals surface area contributed by atoms with E-state index in [2.05, 4.69) is 0 Å². The number of nitrogens with zero attached hydrogens (tertiary/aromatic N) is 2. The van der Waals surface area contributed by atoms with Crippen LogP contribution in [0.4, 0.5) is 0 Å². The van der Waals surface area contributed by atoms with Gasteiger partial charge in [-0.15, -0.1) is 0 Å². The van der Waals surface area contributed by atoms with Crippen LogP contribution in [0.15, 0.2) is 24.3 Å². The van der Waals surface area contributed by atoms with Gasteiger partial charge in [-0.05, 0) is 0 Å². The normalized spacial score (nSPS) is 30.7. The van der Waals surface area contributed by atoms with E-state index in [0.717, 1.165) is 11.5 Å². The van der Waals surface area contributed by atoms with Gasteiger partial charge < -0.3 is 28.4 Å². The fourth-order valence-corrected chi connectivity index (χ4v) is 8.39. The van der Waals surface area contributed by atoms with Crippen molar-refractivity contribution in [3.05, 3.63) is 24.3 Å². The van der Waals surface area contributed by atoms with Crippen molar-refractivity contribution in [1.29, 1.82) is 0 Å². The third-order valence-corrected chi connectivity index (χ3v) is 11.1. The number of ether oxygens (including phenoxy) is 6. The van der Waals surface area contributed by atoms with Crippen LogP contribution in [0.25, 0.3) is 0 Å². The minimum Gasteiger partial charge on any atom is -0.464 e. The molecular formula is C32H40N2O12S2. The van der Waals surface area contributed by atoms with Crippen LogP contribution in [0.1, 0.15) is 12.8 Å². The molecule has 262 valence electrons. The fraction of sp³-hybridized carbons (Fsp3) is 0.688. The maximum absolute atomic E-state index is 12.6. The molecule has 4 saturated heterocycles. The molecule has 8 atom stereocenters. The average molecular weight is 709 g/mol. The zero-order chi connectivity index (χ0) is 33.6. The lowest BCUT2D eigenvalue weighted by atomic mass is 9.85. The highest BCUT2D eigenvalue weighted by Crippen LogP contribution is 2.46. The summed E-state index contributed by atoms with van der Waals surface area (Å²) in [4.78, 5) is 76.8. The Labute approximate surface area is 286 Å². The summed E-state index contributed by atoms with van der Waals surface area (Å²) in [5, 5.41) is 0. The highest BCUT2D eigenvalue weighted by Gasteiger charge is 2.61. The molecule has 16 heteroatoms. The minimum atomic E-state index is -0.449. The first kappa shape index (κ1) is 35.1. The van der Waals surface area contributed by atoms with Gasteiger partial charge in [0.1, 0.15) is 13.2 Å². The predicted octanol–water partition coefficient (Wildman–Crippen LogP) is 0.229. The lowest BCUT2D eigenvalue weighted by Crippen LogP contribution is -2.37. The number of carbonyl (C=O) groups excluding carboxylic acids is 6. The van der Waals surface area contributed by atoms with Crippen LogP contribution in [-0.4, -0.2) is 146 Å². The van der Waals surface area contributed by atoms with Crippen molar-refractivity contribution >= 4 is 59.1 Å². The highest BCUT2D eigenvalue weighted by atomic mass is 32.2. The van der Waals surface area contributed by atoms with Crippen molar-refractivity contribution in [1.82, 2.24) is 9.80 Å². The van der Waals surface area contributed by atoms with E-state index in [1.165, 1.54) is 9.80 Å². The number of imide groups is 2. The first-order valence-electron chi connectivity index (χ1n) is 16.4. The van der Waals surface area contributed by atoms with Crippen LogP contribution in [0.2, 0.25) is 0 Å². The molecule has 6 heterocycles. The van der Waals surface area contributed by atoms with Crippen molar-refractivity contribution in [3.8, 4) is 0 Å². The van der Waals surface area contributed by atoms with Crippen LogP contribution >= 0.6 is 23.5 Å². The maximum atomic E-state index is 12.6. The second-order valence-electron chi connectivity index (χ2n) is 12.1. The molecule has 4 fully saturated rings. The standard InChI is InChI=1S/C32H40N2O12S2/c35-23(43-9-7-33-29(37)25-19-1-2-20(45-19)26(25)30(33)38)5-15-47-17-13-41-11-12-42-14-18-48-16-6-24(36)44-10-8-34-31(39)27-21-3-4-22(46-21)28(27)32(34)40/h1-4,19-22,25-28H,5-18H2/t19?,20?,21?,22?,25-,26+,27-,28+. The van der Waals surface area contributed by atoms with E-state index < -0.39 is 23.7 Å². The molecule has 4 amide bonds.